The molecule has 1 aromatic rings. The minimum Gasteiger partial charge on any atom is -0.511 e. The summed E-state index contributed by atoms with van der Waals surface area (Å²) in [6.45, 7) is 5.19. The van der Waals surface area contributed by atoms with Crippen molar-refractivity contribution in [1.82, 2.24) is 0 Å². The van der Waals surface area contributed by atoms with Crippen LogP contribution in [-0.2, 0) is 22.4 Å². The van der Waals surface area contributed by atoms with Gasteiger partial charge in [-0.05, 0) is 61.5 Å². The number of aliphatic hydroxyl groups excluding tert-OH is 2. The maximum atomic E-state index is 12.9. The van der Waals surface area contributed by atoms with Crippen molar-refractivity contribution in [3.63, 3.8) is 0 Å². The lowest BCUT2D eigenvalue weighted by molar-refractivity contribution is -0.123. The number of rotatable bonds is 8. The third-order valence-electron chi connectivity index (χ3n) is 6.92. The summed E-state index contributed by atoms with van der Waals surface area (Å²) in [5, 5.41) is 31.0. The summed E-state index contributed by atoms with van der Waals surface area (Å²) >= 11 is 0. The molecule has 2 aliphatic carbocycles. The molecule has 2 aliphatic rings. The van der Waals surface area contributed by atoms with E-state index in [4.69, 9.17) is 0 Å². The first kappa shape index (κ1) is 24.2. The van der Waals surface area contributed by atoms with Gasteiger partial charge in [0, 0.05) is 18.8 Å². The summed E-state index contributed by atoms with van der Waals surface area (Å²) in [6.07, 6.45) is 4.15. The highest BCUT2D eigenvalue weighted by Crippen LogP contribution is 2.41. The van der Waals surface area contributed by atoms with E-state index in [2.05, 4.69) is 13.8 Å². The van der Waals surface area contributed by atoms with Gasteiger partial charge in [0.1, 0.15) is 11.5 Å². The van der Waals surface area contributed by atoms with Gasteiger partial charge in [-0.2, -0.15) is 0 Å². The molecular weight excluding hydrogens is 408 g/mol. The van der Waals surface area contributed by atoms with Gasteiger partial charge in [0.2, 0.25) is 0 Å². The molecule has 1 aromatic carbocycles. The Morgan fingerprint density at radius 1 is 1.09 bits per heavy atom. The van der Waals surface area contributed by atoms with Crippen LogP contribution in [0.5, 0.6) is 5.75 Å². The fourth-order valence-electron chi connectivity index (χ4n) is 5.30. The van der Waals surface area contributed by atoms with E-state index in [1.807, 2.05) is 12.1 Å². The number of aliphatic hydroxyl groups is 2. The van der Waals surface area contributed by atoms with Crippen LogP contribution in [0.25, 0.3) is 0 Å². The van der Waals surface area contributed by atoms with Gasteiger partial charge in [0.15, 0.2) is 17.3 Å². The normalized spacial score (nSPS) is 23.6. The molecule has 3 N–H and O–H groups in total. The second-order valence-corrected chi connectivity index (χ2v) is 9.82. The number of aryl methyl sites for hydroxylation is 1. The number of allylic oxidation sites excluding steroid dienone is 1. The molecule has 6 nitrogen and oxygen atoms in total. The lowest BCUT2D eigenvalue weighted by Crippen LogP contribution is -2.35. The van der Waals surface area contributed by atoms with Gasteiger partial charge in [0.05, 0.1) is 17.7 Å². The summed E-state index contributed by atoms with van der Waals surface area (Å²) in [7, 11) is 0. The van der Waals surface area contributed by atoms with Crippen molar-refractivity contribution in [3.05, 3.63) is 40.2 Å². The zero-order chi connectivity index (χ0) is 23.6. The molecule has 0 fully saturated rings. The fourth-order valence-corrected chi connectivity index (χ4v) is 5.30. The number of phenols is 1. The molecule has 3 atom stereocenters. The van der Waals surface area contributed by atoms with E-state index >= 15 is 0 Å². The maximum Gasteiger partial charge on any atom is 0.170 e. The largest absolute Gasteiger partial charge is 0.511 e. The van der Waals surface area contributed by atoms with Gasteiger partial charge in [-0.3, -0.25) is 14.4 Å². The molecule has 3 rings (SSSR count). The van der Waals surface area contributed by atoms with E-state index in [-0.39, 0.29) is 54.1 Å². The average molecular weight is 443 g/mol. The van der Waals surface area contributed by atoms with Crippen LogP contribution >= 0.6 is 0 Å². The smallest absolute Gasteiger partial charge is 0.170 e. The van der Waals surface area contributed by atoms with Crippen molar-refractivity contribution in [2.24, 2.45) is 23.7 Å². The average Bonchev–Trinajstić information content (AvgIpc) is 2.69. The number of aromatic hydroxyl groups is 1. The van der Waals surface area contributed by atoms with Gasteiger partial charge in [-0.1, -0.05) is 32.4 Å². The van der Waals surface area contributed by atoms with Gasteiger partial charge < -0.3 is 15.3 Å². The van der Waals surface area contributed by atoms with Gasteiger partial charge in [-0.25, -0.2) is 0 Å². The predicted octanol–water partition coefficient (Wildman–Crippen LogP) is 4.10. The van der Waals surface area contributed by atoms with Crippen molar-refractivity contribution in [3.8, 4) is 5.75 Å². The Bertz CT molecular complexity index is 942. The molecule has 174 valence electrons. The summed E-state index contributed by atoms with van der Waals surface area (Å²) in [6, 6.07) is 3.82. The highest BCUT2D eigenvalue weighted by molar-refractivity contribution is 6.20. The third kappa shape index (κ3) is 4.96. The summed E-state index contributed by atoms with van der Waals surface area (Å²) < 4.78 is 0. The van der Waals surface area contributed by atoms with Crippen molar-refractivity contribution >= 4 is 17.3 Å². The first-order valence-corrected chi connectivity index (χ1v) is 11.6. The predicted molar refractivity (Wildman–Crippen MR) is 121 cm³/mol. The minimum absolute atomic E-state index is 0.0558. The van der Waals surface area contributed by atoms with Crippen LogP contribution in [0.2, 0.25) is 0 Å². The number of hydrogen-bond donors (Lipinski definition) is 3. The third-order valence-corrected chi connectivity index (χ3v) is 6.92. The molecule has 6 heteroatoms. The lowest BCUT2D eigenvalue weighted by atomic mass is 9.70. The highest BCUT2D eigenvalue weighted by Gasteiger charge is 2.40. The van der Waals surface area contributed by atoms with Crippen LogP contribution in [0.4, 0.5) is 0 Å². The maximum absolute atomic E-state index is 12.9. The topological polar surface area (TPSA) is 112 Å². The van der Waals surface area contributed by atoms with Gasteiger partial charge in [0.25, 0.3) is 0 Å². The van der Waals surface area contributed by atoms with Crippen molar-refractivity contribution < 1.29 is 29.7 Å². The molecule has 0 saturated heterocycles. The number of phenolic OH excluding ortho intramolecular Hbond substituents is 1. The molecule has 0 radical (unpaired) electrons. The molecule has 0 saturated carbocycles. The van der Waals surface area contributed by atoms with E-state index < -0.39 is 17.5 Å². The van der Waals surface area contributed by atoms with Crippen LogP contribution < -0.4 is 0 Å². The number of hydrogen-bond acceptors (Lipinski definition) is 6. The molecule has 0 aliphatic heterocycles. The SMILES string of the molecule is CC(=O)C1=C(O)C(CO)C(CC2CC(=O)c3c(ccc(CCCC(C)C)c3O)C2)CC1=O. The van der Waals surface area contributed by atoms with E-state index in [0.717, 1.165) is 30.4 Å². The molecule has 0 heterocycles. The van der Waals surface area contributed by atoms with Crippen molar-refractivity contribution in [2.45, 2.75) is 65.7 Å². The molecule has 32 heavy (non-hydrogen) atoms. The Labute approximate surface area is 189 Å². The first-order chi connectivity index (χ1) is 15.1. The quantitative estimate of drug-likeness (QED) is 0.523. The minimum atomic E-state index is -0.681. The lowest BCUT2D eigenvalue weighted by Gasteiger charge is -2.34. The second-order valence-electron chi connectivity index (χ2n) is 9.82. The Balaban J connectivity index is 1.76. The van der Waals surface area contributed by atoms with Crippen LogP contribution in [-0.4, -0.2) is 39.3 Å². The van der Waals surface area contributed by atoms with E-state index in [1.54, 1.807) is 0 Å². The molecule has 0 amide bonds. The van der Waals surface area contributed by atoms with Gasteiger partial charge >= 0.3 is 0 Å². The number of Topliss-reactive ketones (excluding diaryl/α,β-unsaturated/α-hetero) is 3. The number of ketones is 3. The summed E-state index contributed by atoms with van der Waals surface area (Å²) in [5.74, 6) is -1.71. The Morgan fingerprint density at radius 3 is 2.44 bits per heavy atom. The highest BCUT2D eigenvalue weighted by atomic mass is 16.3. The molecule has 3 unspecified atom stereocenters. The van der Waals surface area contributed by atoms with E-state index in [0.29, 0.717) is 24.3 Å². The van der Waals surface area contributed by atoms with Crippen molar-refractivity contribution in [1.29, 1.82) is 0 Å². The Kier molecular flexibility index (Phi) is 7.55. The number of fused-ring (bicyclic) bond motifs is 1. The van der Waals surface area contributed by atoms with Crippen LogP contribution in [0, 0.1) is 23.7 Å². The Morgan fingerprint density at radius 2 is 1.81 bits per heavy atom. The summed E-state index contributed by atoms with van der Waals surface area (Å²) in [4.78, 5) is 37.1. The van der Waals surface area contributed by atoms with E-state index in [1.165, 1.54) is 6.92 Å². The number of benzene rings is 1. The van der Waals surface area contributed by atoms with E-state index in [9.17, 15) is 29.7 Å². The van der Waals surface area contributed by atoms with Gasteiger partial charge in [-0.15, -0.1) is 0 Å². The Hall–Kier alpha value is -2.47. The molecule has 0 bridgehead atoms. The molecule has 0 aromatic heterocycles. The zero-order valence-electron chi connectivity index (χ0n) is 19.2. The number of carbonyl (C=O) groups excluding carboxylic acids is 3. The second kappa shape index (κ2) is 9.99. The standard InChI is InChI=1S/C26H34O6/c1-14(2)5-4-6-17-7-8-18-9-16(11-21(29)24(18)25(17)31)10-19-12-22(30)23(15(3)28)26(32)20(19)13-27/h7-8,14,16,19-20,27,31-32H,4-6,9-13H2,1-3H3. The van der Waals surface area contributed by atoms with Crippen molar-refractivity contribution in [2.75, 3.05) is 6.61 Å². The van der Waals surface area contributed by atoms with Crippen LogP contribution in [0.3, 0.4) is 0 Å². The van der Waals surface area contributed by atoms with Crippen LogP contribution in [0.1, 0.15) is 74.4 Å². The molecular formula is C26H34O6. The monoisotopic (exact) mass is 442 g/mol. The summed E-state index contributed by atoms with van der Waals surface area (Å²) in [5.41, 5.74) is 1.83. The zero-order valence-corrected chi connectivity index (χ0v) is 19.2. The van der Waals surface area contributed by atoms with Crippen LogP contribution in [0.15, 0.2) is 23.5 Å². The number of carbonyl (C=O) groups is 3. The fraction of sp³-hybridized carbons (Fsp3) is 0.577. The first-order valence-electron chi connectivity index (χ1n) is 11.6. The molecule has 0 spiro atoms.